The van der Waals surface area contributed by atoms with Gasteiger partial charge in [0.1, 0.15) is 12.4 Å². The lowest BCUT2D eigenvalue weighted by atomic mass is 9.97. The molecule has 0 bridgehead atoms. The van der Waals surface area contributed by atoms with Crippen LogP contribution in [0.5, 0.6) is 5.75 Å². The average Bonchev–Trinajstić information content (AvgIpc) is 2.17. The molecule has 0 heterocycles. The monoisotopic (exact) mass is 210 g/mol. The molecule has 0 saturated carbocycles. The summed E-state index contributed by atoms with van der Waals surface area (Å²) in [5, 5.41) is 0. The summed E-state index contributed by atoms with van der Waals surface area (Å²) in [6, 6.07) is 6.62. The molecule has 2 nitrogen and oxygen atoms in total. The van der Waals surface area contributed by atoms with Gasteiger partial charge in [-0.05, 0) is 26.8 Å². The molecule has 15 heavy (non-hydrogen) atoms. The molecule has 0 saturated heterocycles. The number of para-hydroxylation sites is 1. The standard InChI is InChI=1S/C12H15FO2/c1-12(2,3)11(14)15-10-7-5-4-6-9(10)8-13/h4-7H,8H2,1-3H3. The molecule has 0 aromatic heterocycles. The van der Waals surface area contributed by atoms with Crippen molar-refractivity contribution in [2.24, 2.45) is 5.41 Å². The van der Waals surface area contributed by atoms with Gasteiger partial charge in [-0.3, -0.25) is 4.79 Å². The number of halogens is 1. The van der Waals surface area contributed by atoms with Crippen LogP contribution in [-0.2, 0) is 11.5 Å². The third-order valence-electron chi connectivity index (χ3n) is 1.93. The van der Waals surface area contributed by atoms with Gasteiger partial charge in [0.15, 0.2) is 0 Å². The Balaban J connectivity index is 2.85. The normalized spacial score (nSPS) is 11.2. The topological polar surface area (TPSA) is 26.3 Å². The highest BCUT2D eigenvalue weighted by Crippen LogP contribution is 2.23. The Morgan fingerprint density at radius 2 is 1.93 bits per heavy atom. The van der Waals surface area contributed by atoms with Gasteiger partial charge in [0.2, 0.25) is 0 Å². The molecule has 1 rings (SSSR count). The molecule has 1 aromatic carbocycles. The van der Waals surface area contributed by atoms with Crippen LogP contribution >= 0.6 is 0 Å². The lowest BCUT2D eigenvalue weighted by Crippen LogP contribution is -2.25. The van der Waals surface area contributed by atoms with E-state index in [4.69, 9.17) is 4.74 Å². The highest BCUT2D eigenvalue weighted by atomic mass is 19.1. The summed E-state index contributed by atoms with van der Waals surface area (Å²) in [6.07, 6.45) is 0. The van der Waals surface area contributed by atoms with E-state index >= 15 is 0 Å². The van der Waals surface area contributed by atoms with Crippen molar-refractivity contribution in [3.8, 4) is 5.75 Å². The first-order chi connectivity index (χ1) is 6.95. The van der Waals surface area contributed by atoms with Crippen LogP contribution in [0.2, 0.25) is 0 Å². The molecule has 0 atom stereocenters. The van der Waals surface area contributed by atoms with Crippen molar-refractivity contribution in [3.05, 3.63) is 29.8 Å². The summed E-state index contributed by atoms with van der Waals surface area (Å²) in [4.78, 5) is 11.6. The lowest BCUT2D eigenvalue weighted by molar-refractivity contribution is -0.143. The Labute approximate surface area is 89.1 Å². The van der Waals surface area contributed by atoms with Crippen molar-refractivity contribution < 1.29 is 13.9 Å². The molecule has 0 aliphatic rings. The van der Waals surface area contributed by atoms with Gasteiger partial charge in [-0.1, -0.05) is 18.2 Å². The third-order valence-corrected chi connectivity index (χ3v) is 1.93. The first-order valence-corrected chi connectivity index (χ1v) is 4.81. The van der Waals surface area contributed by atoms with E-state index in [2.05, 4.69) is 0 Å². The number of ether oxygens (including phenoxy) is 1. The minimum Gasteiger partial charge on any atom is -0.426 e. The number of hydrogen-bond acceptors (Lipinski definition) is 2. The minimum absolute atomic E-state index is 0.305. The van der Waals surface area contributed by atoms with Gasteiger partial charge in [-0.25, -0.2) is 4.39 Å². The van der Waals surface area contributed by atoms with Crippen LogP contribution in [-0.4, -0.2) is 5.97 Å². The van der Waals surface area contributed by atoms with Gasteiger partial charge >= 0.3 is 5.97 Å². The summed E-state index contributed by atoms with van der Waals surface area (Å²) in [5.41, 5.74) is -0.182. The molecule has 0 N–H and O–H groups in total. The third kappa shape index (κ3) is 3.05. The Morgan fingerprint density at radius 1 is 1.33 bits per heavy atom. The second-order valence-electron chi connectivity index (χ2n) is 4.38. The largest absolute Gasteiger partial charge is 0.426 e. The van der Waals surface area contributed by atoms with Gasteiger partial charge in [-0.2, -0.15) is 0 Å². The predicted molar refractivity (Wildman–Crippen MR) is 56.3 cm³/mol. The number of carbonyl (C=O) groups excluding carboxylic acids is 1. The Kier molecular flexibility index (Phi) is 3.45. The van der Waals surface area contributed by atoms with E-state index in [9.17, 15) is 9.18 Å². The van der Waals surface area contributed by atoms with E-state index in [0.29, 0.717) is 11.3 Å². The first kappa shape index (κ1) is 11.7. The number of benzene rings is 1. The van der Waals surface area contributed by atoms with Gasteiger partial charge in [0, 0.05) is 5.56 Å². The van der Waals surface area contributed by atoms with Crippen LogP contribution in [0.3, 0.4) is 0 Å². The molecule has 0 aliphatic carbocycles. The van der Waals surface area contributed by atoms with E-state index in [1.807, 2.05) is 0 Å². The van der Waals surface area contributed by atoms with Gasteiger partial charge < -0.3 is 4.74 Å². The number of hydrogen-bond donors (Lipinski definition) is 0. The highest BCUT2D eigenvalue weighted by molar-refractivity contribution is 5.78. The fourth-order valence-electron chi connectivity index (χ4n) is 0.967. The van der Waals surface area contributed by atoms with Crippen molar-refractivity contribution in [2.75, 3.05) is 0 Å². The second-order valence-corrected chi connectivity index (χ2v) is 4.38. The Morgan fingerprint density at radius 3 is 2.47 bits per heavy atom. The second kappa shape index (κ2) is 4.43. The molecule has 0 aliphatic heterocycles. The van der Waals surface area contributed by atoms with Gasteiger partial charge in [0.25, 0.3) is 0 Å². The van der Waals surface area contributed by atoms with E-state index in [1.165, 1.54) is 0 Å². The summed E-state index contributed by atoms with van der Waals surface area (Å²) in [5.74, 6) is -0.0525. The average molecular weight is 210 g/mol. The quantitative estimate of drug-likeness (QED) is 0.553. The van der Waals surface area contributed by atoms with Crippen LogP contribution in [0.1, 0.15) is 26.3 Å². The number of rotatable bonds is 2. The predicted octanol–water partition coefficient (Wildman–Crippen LogP) is 3.11. The van der Waals surface area contributed by atoms with E-state index in [1.54, 1.807) is 45.0 Å². The molecule has 1 aromatic rings. The van der Waals surface area contributed by atoms with Gasteiger partial charge in [0.05, 0.1) is 5.41 Å². The van der Waals surface area contributed by atoms with Crippen molar-refractivity contribution in [3.63, 3.8) is 0 Å². The molecule has 3 heteroatoms. The molecule has 0 fully saturated rings. The van der Waals surface area contributed by atoms with Crippen molar-refractivity contribution in [2.45, 2.75) is 27.4 Å². The maximum absolute atomic E-state index is 12.5. The fraction of sp³-hybridized carbons (Fsp3) is 0.417. The van der Waals surface area contributed by atoms with E-state index in [-0.39, 0.29) is 5.97 Å². The summed E-state index contributed by atoms with van der Waals surface area (Å²) < 4.78 is 17.7. The fourth-order valence-corrected chi connectivity index (χ4v) is 0.967. The molecular formula is C12H15FO2. The van der Waals surface area contributed by atoms with Crippen LogP contribution in [0.15, 0.2) is 24.3 Å². The zero-order chi connectivity index (χ0) is 11.5. The van der Waals surface area contributed by atoms with Crippen LogP contribution in [0.4, 0.5) is 4.39 Å². The number of carbonyl (C=O) groups is 1. The molecule has 0 unspecified atom stereocenters. The number of alkyl halides is 1. The van der Waals surface area contributed by atoms with Crippen LogP contribution in [0, 0.1) is 5.41 Å². The zero-order valence-corrected chi connectivity index (χ0v) is 9.21. The molecule has 0 amide bonds. The highest BCUT2D eigenvalue weighted by Gasteiger charge is 2.24. The van der Waals surface area contributed by atoms with Crippen LogP contribution in [0.25, 0.3) is 0 Å². The molecule has 82 valence electrons. The van der Waals surface area contributed by atoms with E-state index in [0.717, 1.165) is 0 Å². The molecule has 0 radical (unpaired) electrons. The van der Waals surface area contributed by atoms with Gasteiger partial charge in [-0.15, -0.1) is 0 Å². The first-order valence-electron chi connectivity index (χ1n) is 4.81. The summed E-state index contributed by atoms with van der Waals surface area (Å²) in [6.45, 7) is 4.64. The van der Waals surface area contributed by atoms with Crippen LogP contribution < -0.4 is 4.74 Å². The maximum atomic E-state index is 12.5. The van der Waals surface area contributed by atoms with Crippen molar-refractivity contribution in [1.82, 2.24) is 0 Å². The minimum atomic E-state index is -0.631. The van der Waals surface area contributed by atoms with E-state index < -0.39 is 12.1 Å². The Hall–Kier alpha value is -1.38. The van der Waals surface area contributed by atoms with Crippen molar-refractivity contribution >= 4 is 5.97 Å². The lowest BCUT2D eigenvalue weighted by Gasteiger charge is -2.17. The SMILES string of the molecule is CC(C)(C)C(=O)Oc1ccccc1CF. The zero-order valence-electron chi connectivity index (χ0n) is 9.21. The summed E-state index contributed by atoms with van der Waals surface area (Å²) in [7, 11) is 0. The number of esters is 1. The summed E-state index contributed by atoms with van der Waals surface area (Å²) >= 11 is 0. The Bertz CT molecular complexity index is 353. The van der Waals surface area contributed by atoms with Crippen molar-refractivity contribution in [1.29, 1.82) is 0 Å². The smallest absolute Gasteiger partial charge is 0.316 e. The maximum Gasteiger partial charge on any atom is 0.316 e. The molecular weight excluding hydrogens is 195 g/mol. The molecule has 0 spiro atoms.